The Kier molecular flexibility index (Phi) is 7.49. The molecule has 1 aliphatic rings. The molecule has 118 valence electrons. The quantitative estimate of drug-likeness (QED) is 0.891. The summed E-state index contributed by atoms with van der Waals surface area (Å²) in [6.45, 7) is 4.57. The first-order valence-electron chi connectivity index (χ1n) is 6.93. The van der Waals surface area contributed by atoms with Gasteiger partial charge in [0.25, 0.3) is 0 Å². The predicted octanol–water partition coefficient (Wildman–Crippen LogP) is 2.83. The second kappa shape index (κ2) is 8.61. The Morgan fingerprint density at radius 2 is 2.33 bits per heavy atom. The summed E-state index contributed by atoms with van der Waals surface area (Å²) >= 11 is 1.87. The molecule has 2 atom stereocenters. The fourth-order valence-electron chi connectivity index (χ4n) is 2.24. The number of benzene rings is 1. The molecular formula is C15H22ClFN2OS. The maximum atomic E-state index is 13.5. The van der Waals surface area contributed by atoms with Crippen LogP contribution in [0.3, 0.4) is 0 Å². The Morgan fingerprint density at radius 1 is 1.57 bits per heavy atom. The normalized spacial score (nSPS) is 19.5. The number of hydrogen-bond donors (Lipinski definition) is 2. The van der Waals surface area contributed by atoms with Crippen LogP contribution in [0.5, 0.6) is 0 Å². The molecule has 1 heterocycles. The van der Waals surface area contributed by atoms with Gasteiger partial charge in [-0.15, -0.1) is 12.4 Å². The lowest BCUT2D eigenvalue weighted by atomic mass is 10.1. The molecule has 3 nitrogen and oxygen atoms in total. The van der Waals surface area contributed by atoms with E-state index in [4.69, 9.17) is 0 Å². The highest BCUT2D eigenvalue weighted by molar-refractivity contribution is 7.99. The van der Waals surface area contributed by atoms with Gasteiger partial charge in [-0.3, -0.25) is 4.79 Å². The van der Waals surface area contributed by atoms with Gasteiger partial charge in [-0.1, -0.05) is 12.1 Å². The minimum absolute atomic E-state index is 0. The average molecular weight is 333 g/mol. The van der Waals surface area contributed by atoms with Crippen molar-refractivity contribution >= 4 is 30.1 Å². The summed E-state index contributed by atoms with van der Waals surface area (Å²) in [5.41, 5.74) is 1.42. The van der Waals surface area contributed by atoms with E-state index < -0.39 is 0 Å². The molecule has 0 radical (unpaired) electrons. The van der Waals surface area contributed by atoms with E-state index in [0.29, 0.717) is 12.0 Å². The largest absolute Gasteiger partial charge is 0.350 e. The van der Waals surface area contributed by atoms with Crippen LogP contribution in [0.15, 0.2) is 18.2 Å². The van der Waals surface area contributed by atoms with Gasteiger partial charge >= 0.3 is 0 Å². The van der Waals surface area contributed by atoms with Gasteiger partial charge in [0.1, 0.15) is 5.82 Å². The highest BCUT2D eigenvalue weighted by Gasteiger charge is 2.18. The molecule has 1 aromatic carbocycles. The van der Waals surface area contributed by atoms with Gasteiger partial charge in [0.05, 0.1) is 6.04 Å². The van der Waals surface area contributed by atoms with E-state index in [9.17, 15) is 9.18 Å². The first-order chi connectivity index (χ1) is 9.56. The summed E-state index contributed by atoms with van der Waals surface area (Å²) in [6, 6.07) is 5.17. The molecular weight excluding hydrogens is 311 g/mol. The van der Waals surface area contributed by atoms with E-state index in [1.165, 1.54) is 6.07 Å². The molecule has 0 aliphatic carbocycles. The zero-order valence-electron chi connectivity index (χ0n) is 12.3. The van der Waals surface area contributed by atoms with Crippen LogP contribution in [0.2, 0.25) is 0 Å². The number of nitrogens with one attached hydrogen (secondary N) is 2. The molecule has 1 fully saturated rings. The molecule has 1 aromatic rings. The summed E-state index contributed by atoms with van der Waals surface area (Å²) in [4.78, 5) is 12.0. The second-order valence-corrected chi connectivity index (χ2v) is 6.38. The molecule has 1 amide bonds. The molecule has 6 heteroatoms. The van der Waals surface area contributed by atoms with Crippen LogP contribution in [-0.2, 0) is 4.79 Å². The molecule has 21 heavy (non-hydrogen) atoms. The molecule has 2 unspecified atom stereocenters. The van der Waals surface area contributed by atoms with E-state index in [0.717, 1.165) is 23.6 Å². The lowest BCUT2D eigenvalue weighted by Crippen LogP contribution is -2.41. The topological polar surface area (TPSA) is 41.1 Å². The van der Waals surface area contributed by atoms with Crippen molar-refractivity contribution in [2.45, 2.75) is 32.4 Å². The third-order valence-electron chi connectivity index (χ3n) is 3.50. The predicted molar refractivity (Wildman–Crippen MR) is 88.7 cm³/mol. The molecule has 2 N–H and O–H groups in total. The van der Waals surface area contributed by atoms with Crippen LogP contribution in [-0.4, -0.2) is 30.0 Å². The molecule has 2 rings (SSSR count). The van der Waals surface area contributed by atoms with Crippen molar-refractivity contribution in [2.75, 3.05) is 18.1 Å². The second-order valence-electron chi connectivity index (χ2n) is 5.23. The van der Waals surface area contributed by atoms with Crippen molar-refractivity contribution in [3.8, 4) is 0 Å². The number of halogens is 2. The number of hydrogen-bond acceptors (Lipinski definition) is 3. The zero-order chi connectivity index (χ0) is 14.5. The SMILES string of the molecule is Cc1ccc(C(C)NC(=O)CC2CSCCN2)cc1F.Cl. The minimum Gasteiger partial charge on any atom is -0.350 e. The standard InChI is InChI=1S/C15H21FN2OS.ClH/c1-10-3-4-12(7-14(10)16)11(2)18-15(19)8-13-9-20-6-5-17-13;/h3-4,7,11,13,17H,5-6,8-9H2,1-2H3,(H,18,19);1H. The Balaban J connectivity index is 0.00000220. The van der Waals surface area contributed by atoms with Gasteiger partial charge in [-0.05, 0) is 31.0 Å². The maximum absolute atomic E-state index is 13.5. The maximum Gasteiger partial charge on any atom is 0.222 e. The lowest BCUT2D eigenvalue weighted by Gasteiger charge is -2.23. The smallest absolute Gasteiger partial charge is 0.222 e. The van der Waals surface area contributed by atoms with Crippen LogP contribution in [0, 0.1) is 12.7 Å². The van der Waals surface area contributed by atoms with E-state index in [2.05, 4.69) is 10.6 Å². The highest BCUT2D eigenvalue weighted by Crippen LogP contribution is 2.17. The average Bonchev–Trinajstić information content (AvgIpc) is 2.42. The van der Waals surface area contributed by atoms with Gasteiger partial charge < -0.3 is 10.6 Å². The van der Waals surface area contributed by atoms with Gasteiger partial charge in [0.2, 0.25) is 5.91 Å². The number of aryl methyl sites for hydroxylation is 1. The van der Waals surface area contributed by atoms with Crippen molar-refractivity contribution in [2.24, 2.45) is 0 Å². The number of carbonyl (C=O) groups is 1. The Morgan fingerprint density at radius 3 is 2.95 bits per heavy atom. The Hall–Kier alpha value is -0.780. The molecule has 0 spiro atoms. The third-order valence-corrected chi connectivity index (χ3v) is 4.63. The van der Waals surface area contributed by atoms with Gasteiger partial charge in [0.15, 0.2) is 0 Å². The first-order valence-corrected chi connectivity index (χ1v) is 8.08. The zero-order valence-corrected chi connectivity index (χ0v) is 14.0. The monoisotopic (exact) mass is 332 g/mol. The molecule has 0 aromatic heterocycles. The summed E-state index contributed by atoms with van der Waals surface area (Å²) in [6.07, 6.45) is 0.478. The number of amides is 1. The van der Waals surface area contributed by atoms with Crippen LogP contribution >= 0.6 is 24.2 Å². The lowest BCUT2D eigenvalue weighted by molar-refractivity contribution is -0.122. The molecule has 0 bridgehead atoms. The number of thioether (sulfide) groups is 1. The number of carbonyl (C=O) groups excluding carboxylic acids is 1. The highest BCUT2D eigenvalue weighted by atomic mass is 35.5. The van der Waals surface area contributed by atoms with Gasteiger partial charge in [-0.25, -0.2) is 4.39 Å². The van der Waals surface area contributed by atoms with Crippen molar-refractivity contribution < 1.29 is 9.18 Å². The van der Waals surface area contributed by atoms with Gasteiger partial charge in [-0.2, -0.15) is 11.8 Å². The summed E-state index contributed by atoms with van der Waals surface area (Å²) in [5, 5.41) is 6.27. The fraction of sp³-hybridized carbons (Fsp3) is 0.533. The summed E-state index contributed by atoms with van der Waals surface area (Å²) in [5.74, 6) is 1.87. The first kappa shape index (κ1) is 18.3. The third kappa shape index (κ3) is 5.49. The Labute approximate surface area is 135 Å². The van der Waals surface area contributed by atoms with Crippen molar-refractivity contribution in [1.29, 1.82) is 0 Å². The van der Waals surface area contributed by atoms with Crippen molar-refractivity contribution in [3.63, 3.8) is 0 Å². The minimum atomic E-state index is -0.228. The van der Waals surface area contributed by atoms with Crippen LogP contribution in [0.4, 0.5) is 4.39 Å². The van der Waals surface area contributed by atoms with Crippen molar-refractivity contribution in [3.05, 3.63) is 35.1 Å². The van der Waals surface area contributed by atoms with E-state index >= 15 is 0 Å². The summed E-state index contributed by atoms with van der Waals surface area (Å²) in [7, 11) is 0. The van der Waals surface area contributed by atoms with Crippen LogP contribution < -0.4 is 10.6 Å². The molecule has 1 saturated heterocycles. The van der Waals surface area contributed by atoms with Crippen LogP contribution in [0.25, 0.3) is 0 Å². The molecule has 1 aliphatic heterocycles. The fourth-order valence-corrected chi connectivity index (χ4v) is 3.19. The Bertz CT molecular complexity index is 481. The molecule has 0 saturated carbocycles. The van der Waals surface area contributed by atoms with E-state index in [-0.39, 0.29) is 36.2 Å². The number of rotatable bonds is 4. The van der Waals surface area contributed by atoms with E-state index in [1.54, 1.807) is 13.0 Å². The summed E-state index contributed by atoms with van der Waals surface area (Å²) < 4.78 is 13.5. The van der Waals surface area contributed by atoms with Gasteiger partial charge in [0, 0.05) is 30.5 Å². The van der Waals surface area contributed by atoms with Crippen LogP contribution in [0.1, 0.15) is 30.5 Å². The van der Waals surface area contributed by atoms with E-state index in [1.807, 2.05) is 24.8 Å². The van der Waals surface area contributed by atoms with Crippen molar-refractivity contribution in [1.82, 2.24) is 10.6 Å².